The second-order valence-corrected chi connectivity index (χ2v) is 5.27. The van der Waals surface area contributed by atoms with Crippen molar-refractivity contribution < 1.29 is 9.47 Å². The van der Waals surface area contributed by atoms with Crippen LogP contribution in [0.15, 0.2) is 0 Å². The van der Waals surface area contributed by atoms with Crippen LogP contribution in [0.5, 0.6) is 0 Å². The predicted molar refractivity (Wildman–Crippen MR) is 54.3 cm³/mol. The van der Waals surface area contributed by atoms with E-state index in [9.17, 15) is 0 Å². The third-order valence-corrected chi connectivity index (χ3v) is 4.44. The summed E-state index contributed by atoms with van der Waals surface area (Å²) in [5, 5.41) is 0. The van der Waals surface area contributed by atoms with E-state index in [1.807, 2.05) is 0 Å². The fraction of sp³-hybridized carbons (Fsp3) is 1.00. The van der Waals surface area contributed by atoms with E-state index in [-0.39, 0.29) is 11.2 Å². The van der Waals surface area contributed by atoms with Gasteiger partial charge in [-0.1, -0.05) is 0 Å². The van der Waals surface area contributed by atoms with E-state index in [1.165, 1.54) is 51.4 Å². The summed E-state index contributed by atoms with van der Waals surface area (Å²) in [5.74, 6) is 0. The lowest BCUT2D eigenvalue weighted by molar-refractivity contribution is -0.0989. The molecule has 0 aromatic carbocycles. The second-order valence-electron chi connectivity index (χ2n) is 5.27. The van der Waals surface area contributed by atoms with Crippen molar-refractivity contribution in [2.75, 3.05) is 13.2 Å². The average molecular weight is 196 g/mol. The van der Waals surface area contributed by atoms with Gasteiger partial charge in [0, 0.05) is 13.2 Å². The first-order valence-electron chi connectivity index (χ1n) is 6.11. The Morgan fingerprint density at radius 3 is 1.29 bits per heavy atom. The highest BCUT2D eigenvalue weighted by atomic mass is 16.5. The van der Waals surface area contributed by atoms with Crippen LogP contribution in [0.3, 0.4) is 0 Å². The van der Waals surface area contributed by atoms with Gasteiger partial charge in [-0.3, -0.25) is 0 Å². The lowest BCUT2D eigenvalue weighted by Crippen LogP contribution is -2.42. The molecule has 3 fully saturated rings. The van der Waals surface area contributed by atoms with Crippen LogP contribution in [-0.2, 0) is 9.47 Å². The molecule has 0 unspecified atom stereocenters. The molecule has 2 heteroatoms. The Labute approximate surface area is 86.0 Å². The second kappa shape index (κ2) is 3.21. The number of rotatable bonds is 0. The molecule has 0 amide bonds. The van der Waals surface area contributed by atoms with E-state index in [0.29, 0.717) is 0 Å². The lowest BCUT2D eigenvalue weighted by Gasteiger charge is -2.41. The first-order chi connectivity index (χ1) is 6.83. The molecule has 2 spiro atoms. The molecule has 0 radical (unpaired) electrons. The van der Waals surface area contributed by atoms with E-state index >= 15 is 0 Å². The zero-order chi connectivity index (χ0) is 9.49. The van der Waals surface area contributed by atoms with Gasteiger partial charge in [0.1, 0.15) is 0 Å². The minimum atomic E-state index is 0.275. The zero-order valence-corrected chi connectivity index (χ0v) is 8.89. The van der Waals surface area contributed by atoms with Crippen LogP contribution in [0.1, 0.15) is 51.4 Å². The fourth-order valence-corrected chi connectivity index (χ4v) is 3.46. The highest BCUT2D eigenvalue weighted by molar-refractivity contribution is 4.98. The van der Waals surface area contributed by atoms with Crippen molar-refractivity contribution in [2.45, 2.75) is 62.6 Å². The van der Waals surface area contributed by atoms with Crippen LogP contribution in [0.4, 0.5) is 0 Å². The van der Waals surface area contributed by atoms with E-state index in [4.69, 9.17) is 9.47 Å². The van der Waals surface area contributed by atoms with Crippen LogP contribution in [0.2, 0.25) is 0 Å². The third kappa shape index (κ3) is 1.40. The molecule has 2 aliphatic heterocycles. The fourth-order valence-electron chi connectivity index (χ4n) is 3.46. The van der Waals surface area contributed by atoms with E-state index in [1.54, 1.807) is 0 Å². The molecule has 0 aromatic rings. The summed E-state index contributed by atoms with van der Waals surface area (Å²) in [5.41, 5.74) is 0.550. The molecule has 1 aliphatic carbocycles. The molecule has 14 heavy (non-hydrogen) atoms. The quantitative estimate of drug-likeness (QED) is 0.593. The molecular formula is C12H20O2. The predicted octanol–water partition coefficient (Wildman–Crippen LogP) is 2.66. The zero-order valence-electron chi connectivity index (χ0n) is 8.89. The largest absolute Gasteiger partial charge is 0.375 e. The summed E-state index contributed by atoms with van der Waals surface area (Å²) in [4.78, 5) is 0. The van der Waals surface area contributed by atoms with Crippen LogP contribution in [0.25, 0.3) is 0 Å². The van der Waals surface area contributed by atoms with Gasteiger partial charge in [0.25, 0.3) is 0 Å². The Hall–Kier alpha value is -0.0800. The van der Waals surface area contributed by atoms with E-state index in [2.05, 4.69) is 0 Å². The molecule has 0 bridgehead atoms. The lowest BCUT2D eigenvalue weighted by atomic mass is 9.74. The van der Waals surface area contributed by atoms with Gasteiger partial charge in [-0.05, 0) is 51.4 Å². The molecule has 3 aliphatic rings. The smallest absolute Gasteiger partial charge is 0.0685 e. The van der Waals surface area contributed by atoms with Gasteiger partial charge in [-0.15, -0.1) is 0 Å². The Bertz CT molecular complexity index is 176. The summed E-state index contributed by atoms with van der Waals surface area (Å²) in [7, 11) is 0. The van der Waals surface area contributed by atoms with Gasteiger partial charge in [-0.25, -0.2) is 0 Å². The Morgan fingerprint density at radius 2 is 1.00 bits per heavy atom. The third-order valence-electron chi connectivity index (χ3n) is 4.44. The van der Waals surface area contributed by atoms with Gasteiger partial charge >= 0.3 is 0 Å². The summed E-state index contributed by atoms with van der Waals surface area (Å²) >= 11 is 0. The average Bonchev–Trinajstić information content (AvgIpc) is 2.81. The maximum atomic E-state index is 5.93. The topological polar surface area (TPSA) is 18.5 Å². The molecule has 3 rings (SSSR count). The minimum Gasteiger partial charge on any atom is -0.375 e. The van der Waals surface area contributed by atoms with Crippen molar-refractivity contribution >= 4 is 0 Å². The Kier molecular flexibility index (Phi) is 2.10. The summed E-state index contributed by atoms with van der Waals surface area (Å²) < 4.78 is 11.9. The van der Waals surface area contributed by atoms with Gasteiger partial charge in [0.05, 0.1) is 11.2 Å². The van der Waals surface area contributed by atoms with Crippen molar-refractivity contribution in [1.29, 1.82) is 0 Å². The number of hydrogen-bond donors (Lipinski definition) is 0. The standard InChI is InChI=1S/C12H20O2/c1-3-11(13-9-1)5-7-12(8-6-11)4-2-10-14-12/h1-10H2. The minimum absolute atomic E-state index is 0.275. The highest BCUT2D eigenvalue weighted by Gasteiger charge is 2.46. The first kappa shape index (κ1) is 9.17. The van der Waals surface area contributed by atoms with Crippen molar-refractivity contribution in [3.8, 4) is 0 Å². The Balaban J connectivity index is 1.66. The SMILES string of the molecule is C1COC2(C1)CCC1(CCCO1)CC2. The maximum absolute atomic E-state index is 5.93. The monoisotopic (exact) mass is 196 g/mol. The van der Waals surface area contributed by atoms with Gasteiger partial charge in [-0.2, -0.15) is 0 Å². The molecule has 2 nitrogen and oxygen atoms in total. The molecule has 2 saturated heterocycles. The highest BCUT2D eigenvalue weighted by Crippen LogP contribution is 2.47. The van der Waals surface area contributed by atoms with Crippen molar-refractivity contribution in [2.24, 2.45) is 0 Å². The van der Waals surface area contributed by atoms with Crippen LogP contribution in [0, 0.1) is 0 Å². The van der Waals surface area contributed by atoms with Crippen LogP contribution >= 0.6 is 0 Å². The van der Waals surface area contributed by atoms with Crippen LogP contribution in [-0.4, -0.2) is 24.4 Å². The summed E-state index contributed by atoms with van der Waals surface area (Å²) in [6, 6.07) is 0. The molecule has 0 aromatic heterocycles. The summed E-state index contributed by atoms with van der Waals surface area (Å²) in [6.45, 7) is 1.99. The molecule has 2 heterocycles. The van der Waals surface area contributed by atoms with Crippen molar-refractivity contribution in [3.05, 3.63) is 0 Å². The number of hydrogen-bond acceptors (Lipinski definition) is 2. The molecule has 0 atom stereocenters. The number of ether oxygens (including phenoxy) is 2. The first-order valence-corrected chi connectivity index (χ1v) is 6.11. The van der Waals surface area contributed by atoms with Gasteiger partial charge < -0.3 is 9.47 Å². The van der Waals surface area contributed by atoms with Gasteiger partial charge in [0.15, 0.2) is 0 Å². The molecular weight excluding hydrogens is 176 g/mol. The summed E-state index contributed by atoms with van der Waals surface area (Å²) in [6.07, 6.45) is 10.1. The molecule has 1 saturated carbocycles. The van der Waals surface area contributed by atoms with E-state index in [0.717, 1.165) is 13.2 Å². The van der Waals surface area contributed by atoms with Crippen molar-refractivity contribution in [1.82, 2.24) is 0 Å². The van der Waals surface area contributed by atoms with Crippen molar-refractivity contribution in [3.63, 3.8) is 0 Å². The maximum Gasteiger partial charge on any atom is 0.0685 e. The molecule has 80 valence electrons. The van der Waals surface area contributed by atoms with Crippen LogP contribution < -0.4 is 0 Å². The van der Waals surface area contributed by atoms with Gasteiger partial charge in [0.2, 0.25) is 0 Å². The normalized spacial score (nSPS) is 48.0. The van der Waals surface area contributed by atoms with E-state index < -0.39 is 0 Å². The Morgan fingerprint density at radius 1 is 0.571 bits per heavy atom. The molecule has 0 N–H and O–H groups in total.